The number of ether oxygens (including phenoxy) is 1. The molecule has 2 aromatic carbocycles. The first-order chi connectivity index (χ1) is 18.2. The number of benzene rings is 2. The highest BCUT2D eigenvalue weighted by molar-refractivity contribution is 7.89. The van der Waals surface area contributed by atoms with Crippen LogP contribution in [0, 0.1) is 5.92 Å². The predicted octanol–water partition coefficient (Wildman–Crippen LogP) is 5.39. The molecule has 3 aromatic rings. The molecular formula is C26H32Cl2N4O4S2. The van der Waals surface area contributed by atoms with Gasteiger partial charge in [0.1, 0.15) is 11.3 Å². The number of rotatable bonds is 10. The summed E-state index contributed by atoms with van der Waals surface area (Å²) in [6.45, 7) is 7.64. The van der Waals surface area contributed by atoms with Gasteiger partial charge in [0, 0.05) is 37.1 Å². The SMILES string of the molecule is CCN(CC)CCN(C(=O)C1CCN(S(=O)(=O)c2ccc(Cl)cc2)CC1)c1nc2c(OC)ccc(Cl)c2s1. The summed E-state index contributed by atoms with van der Waals surface area (Å²) in [5, 5.41) is 1.60. The molecule has 1 aliphatic heterocycles. The number of likely N-dealkylation sites (N-methyl/N-ethyl adjacent to an activating group) is 1. The lowest BCUT2D eigenvalue weighted by Gasteiger charge is -2.33. The number of carbonyl (C=O) groups excluding carboxylic acids is 1. The molecular weight excluding hydrogens is 567 g/mol. The highest BCUT2D eigenvalue weighted by Gasteiger charge is 2.35. The highest BCUT2D eigenvalue weighted by Crippen LogP contribution is 2.39. The van der Waals surface area contributed by atoms with E-state index >= 15 is 0 Å². The van der Waals surface area contributed by atoms with E-state index in [2.05, 4.69) is 18.7 Å². The van der Waals surface area contributed by atoms with Crippen LogP contribution in [0.5, 0.6) is 5.75 Å². The lowest BCUT2D eigenvalue weighted by molar-refractivity contribution is -0.123. The van der Waals surface area contributed by atoms with Gasteiger partial charge < -0.3 is 9.64 Å². The van der Waals surface area contributed by atoms with Crippen molar-refractivity contribution in [2.75, 3.05) is 51.3 Å². The van der Waals surface area contributed by atoms with Crippen LogP contribution in [0.15, 0.2) is 41.3 Å². The van der Waals surface area contributed by atoms with Crippen molar-refractivity contribution in [3.63, 3.8) is 0 Å². The molecule has 0 aliphatic carbocycles. The molecule has 0 unspecified atom stereocenters. The van der Waals surface area contributed by atoms with Crippen molar-refractivity contribution in [3.05, 3.63) is 46.4 Å². The number of sulfonamides is 1. The Labute approximate surface area is 238 Å². The maximum atomic E-state index is 13.9. The number of fused-ring (bicyclic) bond motifs is 1. The van der Waals surface area contributed by atoms with Crippen LogP contribution in [0.3, 0.4) is 0 Å². The molecule has 8 nitrogen and oxygen atoms in total. The molecule has 0 atom stereocenters. The van der Waals surface area contributed by atoms with E-state index in [4.69, 9.17) is 32.9 Å². The number of anilines is 1. The molecule has 1 amide bonds. The minimum Gasteiger partial charge on any atom is -0.494 e. The second-order valence-corrected chi connectivity index (χ2v) is 12.8. The van der Waals surface area contributed by atoms with E-state index in [1.54, 1.807) is 36.3 Å². The van der Waals surface area contributed by atoms with Crippen molar-refractivity contribution in [2.45, 2.75) is 31.6 Å². The van der Waals surface area contributed by atoms with E-state index < -0.39 is 10.0 Å². The molecule has 1 saturated heterocycles. The maximum Gasteiger partial charge on any atom is 0.243 e. The fourth-order valence-electron chi connectivity index (χ4n) is 4.62. The number of nitrogens with zero attached hydrogens (tertiary/aromatic N) is 4. The van der Waals surface area contributed by atoms with Crippen molar-refractivity contribution in [1.82, 2.24) is 14.2 Å². The summed E-state index contributed by atoms with van der Waals surface area (Å²) < 4.78 is 33.9. The lowest BCUT2D eigenvalue weighted by Crippen LogP contribution is -2.46. The number of halogens is 2. The van der Waals surface area contributed by atoms with Crippen LogP contribution in [0.2, 0.25) is 10.0 Å². The second kappa shape index (κ2) is 12.5. The standard InChI is InChI=1S/C26H32Cl2N4O4S2/c1-4-30(5-2)16-17-32(26-29-23-22(36-3)11-10-21(28)24(23)37-26)25(33)18-12-14-31(15-13-18)38(34,35)20-8-6-19(27)7-9-20/h6-11,18H,4-5,12-17H2,1-3H3. The van der Waals surface area contributed by atoms with Gasteiger partial charge in [-0.25, -0.2) is 13.4 Å². The van der Waals surface area contributed by atoms with Crippen molar-refractivity contribution in [1.29, 1.82) is 0 Å². The molecule has 4 rings (SSSR count). The quantitative estimate of drug-likeness (QED) is 0.311. The number of hydrogen-bond acceptors (Lipinski definition) is 7. The third kappa shape index (κ3) is 6.11. The lowest BCUT2D eigenvalue weighted by atomic mass is 9.96. The number of methoxy groups -OCH3 is 1. The Morgan fingerprint density at radius 2 is 1.74 bits per heavy atom. The predicted molar refractivity (Wildman–Crippen MR) is 154 cm³/mol. The molecule has 0 saturated carbocycles. The molecule has 1 aliphatic rings. The van der Waals surface area contributed by atoms with E-state index in [0.29, 0.717) is 52.4 Å². The molecule has 12 heteroatoms. The molecule has 1 fully saturated rings. The van der Waals surface area contributed by atoms with Gasteiger partial charge in [-0.05, 0) is 62.3 Å². The van der Waals surface area contributed by atoms with Crippen molar-refractivity contribution >= 4 is 65.8 Å². The zero-order chi connectivity index (χ0) is 27.4. The summed E-state index contributed by atoms with van der Waals surface area (Å²) in [5.41, 5.74) is 0.629. The number of hydrogen-bond donors (Lipinski definition) is 0. The molecule has 0 radical (unpaired) electrons. The molecule has 206 valence electrons. The average Bonchev–Trinajstić information content (AvgIpc) is 3.37. The Kier molecular flexibility index (Phi) is 9.54. The third-order valence-electron chi connectivity index (χ3n) is 6.95. The van der Waals surface area contributed by atoms with Crippen LogP contribution in [0.4, 0.5) is 5.13 Å². The third-order valence-corrected chi connectivity index (χ3v) is 10.7. The molecule has 0 bridgehead atoms. The Hall–Kier alpha value is -1.95. The Balaban J connectivity index is 1.56. The number of piperidine rings is 1. The van der Waals surface area contributed by atoms with Crippen molar-refractivity contribution in [2.24, 2.45) is 5.92 Å². The molecule has 38 heavy (non-hydrogen) atoms. The summed E-state index contributed by atoms with van der Waals surface area (Å²) in [6.07, 6.45) is 0.866. The fourth-order valence-corrected chi connectivity index (χ4v) is 7.51. The summed E-state index contributed by atoms with van der Waals surface area (Å²) in [6, 6.07) is 9.69. The molecule has 1 aromatic heterocycles. The minimum absolute atomic E-state index is 0.0464. The van der Waals surface area contributed by atoms with Crippen LogP contribution in [0.1, 0.15) is 26.7 Å². The molecule has 0 N–H and O–H groups in total. The van der Waals surface area contributed by atoms with Crippen molar-refractivity contribution in [3.8, 4) is 5.75 Å². The van der Waals surface area contributed by atoms with Gasteiger partial charge in [0.05, 0.1) is 21.7 Å². The van der Waals surface area contributed by atoms with Gasteiger partial charge in [-0.2, -0.15) is 4.31 Å². The van der Waals surface area contributed by atoms with E-state index in [1.165, 1.54) is 27.8 Å². The fraction of sp³-hybridized carbons (Fsp3) is 0.462. The number of amides is 1. The normalized spacial score (nSPS) is 15.3. The summed E-state index contributed by atoms with van der Waals surface area (Å²) in [7, 11) is -2.07. The Morgan fingerprint density at radius 1 is 1.08 bits per heavy atom. The minimum atomic E-state index is -3.65. The zero-order valence-corrected chi connectivity index (χ0v) is 24.8. The van der Waals surface area contributed by atoms with Gasteiger partial charge >= 0.3 is 0 Å². The van der Waals surface area contributed by atoms with Crippen molar-refractivity contribution < 1.29 is 17.9 Å². The molecule has 0 spiro atoms. The zero-order valence-electron chi connectivity index (χ0n) is 21.7. The smallest absolute Gasteiger partial charge is 0.243 e. The second-order valence-electron chi connectivity index (χ2n) is 9.07. The summed E-state index contributed by atoms with van der Waals surface area (Å²) in [5.74, 6) is 0.242. The monoisotopic (exact) mass is 598 g/mol. The average molecular weight is 600 g/mol. The van der Waals surface area contributed by atoms with Gasteiger partial charge in [-0.1, -0.05) is 48.4 Å². The largest absolute Gasteiger partial charge is 0.494 e. The number of thiazole rings is 1. The van der Waals surface area contributed by atoms with Gasteiger partial charge in [0.25, 0.3) is 0 Å². The van der Waals surface area contributed by atoms with E-state index in [-0.39, 0.29) is 29.8 Å². The van der Waals surface area contributed by atoms with Gasteiger partial charge in [0.15, 0.2) is 5.13 Å². The maximum absolute atomic E-state index is 13.9. The Morgan fingerprint density at radius 3 is 2.34 bits per heavy atom. The van der Waals surface area contributed by atoms with E-state index in [9.17, 15) is 13.2 Å². The van der Waals surface area contributed by atoms with Crippen LogP contribution in [0.25, 0.3) is 10.2 Å². The van der Waals surface area contributed by atoms with E-state index in [0.717, 1.165) is 17.8 Å². The van der Waals surface area contributed by atoms with Crippen LogP contribution in [-0.2, 0) is 14.8 Å². The summed E-state index contributed by atoms with van der Waals surface area (Å²) in [4.78, 5) is 22.9. The first-order valence-electron chi connectivity index (χ1n) is 12.6. The van der Waals surface area contributed by atoms with Crippen LogP contribution in [-0.4, -0.2) is 74.9 Å². The van der Waals surface area contributed by atoms with Gasteiger partial charge in [0.2, 0.25) is 15.9 Å². The number of aromatic nitrogens is 1. The van der Waals surface area contributed by atoms with Gasteiger partial charge in [-0.3, -0.25) is 9.69 Å². The Bertz CT molecular complexity index is 1370. The molecule has 2 heterocycles. The van der Waals surface area contributed by atoms with Crippen LogP contribution >= 0.6 is 34.5 Å². The highest BCUT2D eigenvalue weighted by atomic mass is 35.5. The first kappa shape index (κ1) is 29.0. The van der Waals surface area contributed by atoms with Crippen LogP contribution < -0.4 is 9.64 Å². The number of carbonyl (C=O) groups is 1. The first-order valence-corrected chi connectivity index (χ1v) is 15.6. The van der Waals surface area contributed by atoms with Gasteiger partial charge in [-0.15, -0.1) is 0 Å². The summed E-state index contributed by atoms with van der Waals surface area (Å²) >= 11 is 13.8. The van der Waals surface area contributed by atoms with E-state index in [1.807, 2.05) is 0 Å². The topological polar surface area (TPSA) is 83.0 Å².